The highest BCUT2D eigenvalue weighted by atomic mass is 32.2. The van der Waals surface area contributed by atoms with E-state index >= 15 is 0 Å². The molecule has 2 fully saturated rings. The lowest BCUT2D eigenvalue weighted by Gasteiger charge is -2.39. The molecule has 2 aliphatic rings. The number of aromatic nitrogens is 1. The van der Waals surface area contributed by atoms with Gasteiger partial charge in [-0.1, -0.05) is 0 Å². The molecule has 1 aromatic rings. The summed E-state index contributed by atoms with van der Waals surface area (Å²) in [7, 11) is -1.22. The maximum Gasteiger partial charge on any atom is 0.187 e. The van der Waals surface area contributed by atoms with Crippen LogP contribution in [0.5, 0.6) is 0 Å². The minimum Gasteiger partial charge on any atom is -0.382 e. The minimum absolute atomic E-state index is 0.169. The van der Waals surface area contributed by atoms with Gasteiger partial charge in [0.1, 0.15) is 9.90 Å². The summed E-state index contributed by atoms with van der Waals surface area (Å²) >= 11 is 1.21. The number of rotatable bonds is 3. The standard InChI is InChI=1S/C12H20N4O2S2/c1-8-7-15(2)5-6-16(8)12-10(11(13)14-19-12)20(17,18)9-3-4-9/h8-9H,3-7H2,1-2H3,(H2,13,14). The number of hydrogen-bond acceptors (Lipinski definition) is 7. The molecule has 0 aromatic carbocycles. The Bertz CT molecular complexity index is 609. The van der Waals surface area contributed by atoms with Crippen molar-refractivity contribution in [3.05, 3.63) is 0 Å². The van der Waals surface area contributed by atoms with E-state index in [0.29, 0.717) is 0 Å². The van der Waals surface area contributed by atoms with Crippen LogP contribution in [0.2, 0.25) is 0 Å². The fourth-order valence-corrected chi connectivity index (χ4v) is 5.87. The van der Waals surface area contributed by atoms with Gasteiger partial charge >= 0.3 is 0 Å². The van der Waals surface area contributed by atoms with Crippen LogP contribution in [0.4, 0.5) is 10.8 Å². The minimum atomic E-state index is -3.30. The first kappa shape index (κ1) is 14.1. The van der Waals surface area contributed by atoms with Crippen molar-refractivity contribution >= 4 is 32.2 Å². The van der Waals surface area contributed by atoms with Crippen LogP contribution in [0.15, 0.2) is 4.90 Å². The quantitative estimate of drug-likeness (QED) is 0.888. The van der Waals surface area contributed by atoms with Crippen molar-refractivity contribution < 1.29 is 8.42 Å². The molecule has 2 N–H and O–H groups in total. The molecule has 1 atom stereocenters. The Kier molecular flexibility index (Phi) is 3.42. The molecule has 8 heteroatoms. The summed E-state index contributed by atoms with van der Waals surface area (Å²) in [6.07, 6.45) is 1.49. The van der Waals surface area contributed by atoms with Crippen LogP contribution in [-0.4, -0.2) is 55.7 Å². The van der Waals surface area contributed by atoms with E-state index in [1.54, 1.807) is 0 Å². The van der Waals surface area contributed by atoms with Gasteiger partial charge in [-0.2, -0.15) is 4.37 Å². The van der Waals surface area contributed by atoms with E-state index in [-0.39, 0.29) is 22.0 Å². The summed E-state index contributed by atoms with van der Waals surface area (Å²) in [4.78, 5) is 4.67. The highest BCUT2D eigenvalue weighted by molar-refractivity contribution is 7.92. The van der Waals surface area contributed by atoms with Gasteiger partial charge in [0.15, 0.2) is 15.7 Å². The first-order valence-electron chi connectivity index (χ1n) is 6.85. The molecule has 1 unspecified atom stereocenters. The Labute approximate surface area is 123 Å². The number of anilines is 2. The SMILES string of the molecule is CC1CN(C)CCN1c1snc(N)c1S(=O)(=O)C1CC1. The molecule has 0 bridgehead atoms. The number of nitrogens with zero attached hydrogens (tertiary/aromatic N) is 3. The monoisotopic (exact) mass is 316 g/mol. The molecule has 0 spiro atoms. The summed E-state index contributed by atoms with van der Waals surface area (Å²) in [5.41, 5.74) is 5.86. The maximum atomic E-state index is 12.6. The fourth-order valence-electron chi connectivity index (χ4n) is 2.72. The Morgan fingerprint density at radius 1 is 1.35 bits per heavy atom. The number of likely N-dealkylation sites (N-methyl/N-ethyl adjacent to an activating group) is 1. The average molecular weight is 316 g/mol. The Morgan fingerprint density at radius 2 is 2.05 bits per heavy atom. The number of nitrogens with two attached hydrogens (primary N) is 1. The van der Waals surface area contributed by atoms with Gasteiger partial charge in [0, 0.05) is 25.7 Å². The number of hydrogen-bond donors (Lipinski definition) is 1. The third kappa shape index (κ3) is 2.29. The summed E-state index contributed by atoms with van der Waals surface area (Å²) in [6.45, 7) is 4.76. The van der Waals surface area contributed by atoms with E-state index in [9.17, 15) is 8.42 Å². The van der Waals surface area contributed by atoms with Crippen LogP contribution in [0.25, 0.3) is 0 Å². The molecular formula is C12H20N4O2S2. The predicted molar refractivity (Wildman–Crippen MR) is 81.0 cm³/mol. The molecule has 112 valence electrons. The third-order valence-electron chi connectivity index (χ3n) is 4.00. The molecule has 1 aromatic heterocycles. The third-order valence-corrected chi connectivity index (χ3v) is 7.35. The maximum absolute atomic E-state index is 12.6. The highest BCUT2D eigenvalue weighted by Crippen LogP contribution is 2.43. The van der Waals surface area contributed by atoms with Crippen LogP contribution >= 0.6 is 11.5 Å². The lowest BCUT2D eigenvalue weighted by Crippen LogP contribution is -2.50. The second kappa shape index (κ2) is 4.85. The Hall–Kier alpha value is -0.860. The summed E-state index contributed by atoms with van der Waals surface area (Å²) < 4.78 is 29.2. The molecule has 1 aliphatic carbocycles. The van der Waals surface area contributed by atoms with Gasteiger partial charge in [-0.3, -0.25) is 0 Å². The summed E-state index contributed by atoms with van der Waals surface area (Å²) in [5, 5.41) is 0.484. The van der Waals surface area contributed by atoms with Gasteiger partial charge in [0.25, 0.3) is 0 Å². The highest BCUT2D eigenvalue weighted by Gasteiger charge is 2.42. The first-order chi connectivity index (χ1) is 9.41. The average Bonchev–Trinajstić information content (AvgIpc) is 3.14. The molecule has 1 aliphatic heterocycles. The molecule has 1 saturated heterocycles. The molecule has 3 rings (SSSR count). The summed E-state index contributed by atoms with van der Waals surface area (Å²) in [6, 6.07) is 0.266. The molecule has 1 saturated carbocycles. The van der Waals surface area contributed by atoms with Gasteiger partial charge in [0.05, 0.1) is 5.25 Å². The van der Waals surface area contributed by atoms with Gasteiger partial charge in [-0.05, 0) is 38.3 Å². The molecule has 0 radical (unpaired) electrons. The van der Waals surface area contributed by atoms with Crippen molar-refractivity contribution in [1.29, 1.82) is 0 Å². The largest absolute Gasteiger partial charge is 0.382 e. The number of nitrogen functional groups attached to an aromatic ring is 1. The van der Waals surface area contributed by atoms with Crippen LogP contribution in [0, 0.1) is 0 Å². The fraction of sp³-hybridized carbons (Fsp3) is 0.750. The smallest absolute Gasteiger partial charge is 0.187 e. The van der Waals surface area contributed by atoms with Crippen molar-refractivity contribution in [2.24, 2.45) is 0 Å². The molecule has 2 heterocycles. The van der Waals surface area contributed by atoms with E-state index in [1.165, 1.54) is 11.5 Å². The molecule has 6 nitrogen and oxygen atoms in total. The van der Waals surface area contributed by atoms with Crippen molar-refractivity contribution in [3.8, 4) is 0 Å². The van der Waals surface area contributed by atoms with Crippen LogP contribution < -0.4 is 10.6 Å². The first-order valence-corrected chi connectivity index (χ1v) is 9.17. The normalized spacial score (nSPS) is 25.1. The van der Waals surface area contributed by atoms with Crippen molar-refractivity contribution in [2.45, 2.75) is 36.0 Å². The number of piperazine rings is 1. The second-order valence-electron chi connectivity index (χ2n) is 5.75. The van der Waals surface area contributed by atoms with E-state index in [4.69, 9.17) is 5.73 Å². The molecular weight excluding hydrogens is 296 g/mol. The van der Waals surface area contributed by atoms with Crippen LogP contribution in [0.3, 0.4) is 0 Å². The van der Waals surface area contributed by atoms with Crippen molar-refractivity contribution in [3.63, 3.8) is 0 Å². The van der Waals surface area contributed by atoms with Crippen molar-refractivity contribution in [1.82, 2.24) is 9.27 Å². The van der Waals surface area contributed by atoms with Crippen molar-refractivity contribution in [2.75, 3.05) is 37.3 Å². The molecule has 0 amide bonds. The Morgan fingerprint density at radius 3 is 2.65 bits per heavy atom. The van der Waals surface area contributed by atoms with Crippen LogP contribution in [-0.2, 0) is 9.84 Å². The zero-order valence-corrected chi connectivity index (χ0v) is 13.4. The topological polar surface area (TPSA) is 79.5 Å². The van der Waals surface area contributed by atoms with E-state index in [2.05, 4.69) is 28.1 Å². The zero-order chi connectivity index (χ0) is 14.5. The van der Waals surface area contributed by atoms with E-state index < -0.39 is 9.84 Å². The van der Waals surface area contributed by atoms with E-state index in [1.807, 2.05) is 0 Å². The second-order valence-corrected chi connectivity index (χ2v) is 8.67. The zero-order valence-electron chi connectivity index (χ0n) is 11.7. The summed E-state index contributed by atoms with van der Waals surface area (Å²) in [5.74, 6) is 0.169. The molecule has 20 heavy (non-hydrogen) atoms. The predicted octanol–water partition coefficient (Wildman–Crippen LogP) is 0.802. The van der Waals surface area contributed by atoms with Gasteiger partial charge in [-0.15, -0.1) is 0 Å². The lowest BCUT2D eigenvalue weighted by atomic mass is 10.2. The van der Waals surface area contributed by atoms with Gasteiger partial charge < -0.3 is 15.5 Å². The number of sulfone groups is 1. The van der Waals surface area contributed by atoms with Gasteiger partial charge in [-0.25, -0.2) is 8.42 Å². The lowest BCUT2D eigenvalue weighted by molar-refractivity contribution is 0.276. The van der Waals surface area contributed by atoms with Gasteiger partial charge in [0.2, 0.25) is 0 Å². The van der Waals surface area contributed by atoms with Crippen LogP contribution in [0.1, 0.15) is 19.8 Å². The van der Waals surface area contributed by atoms with E-state index in [0.717, 1.165) is 37.5 Å². The Balaban J connectivity index is 1.99.